The van der Waals surface area contributed by atoms with Gasteiger partial charge < -0.3 is 5.32 Å². The van der Waals surface area contributed by atoms with Crippen molar-refractivity contribution in [3.05, 3.63) is 63.9 Å². The lowest BCUT2D eigenvalue weighted by atomic mass is 10.0. The smallest absolute Gasteiger partial charge is 0.192 e. The van der Waals surface area contributed by atoms with Gasteiger partial charge in [-0.25, -0.2) is 18.4 Å². The fraction of sp³-hybridized carbons (Fsp3) is 0.211. The first kappa shape index (κ1) is 19.3. The van der Waals surface area contributed by atoms with E-state index in [2.05, 4.69) is 15.3 Å². The zero-order chi connectivity index (χ0) is 18.5. The van der Waals surface area contributed by atoms with Gasteiger partial charge in [-0.3, -0.25) is 4.99 Å². The lowest BCUT2D eigenvalue weighted by molar-refractivity contribution is 0.598. The van der Waals surface area contributed by atoms with E-state index in [1.165, 1.54) is 12.3 Å². The number of aliphatic imine (C=N–C) groups is 2. The summed E-state index contributed by atoms with van der Waals surface area (Å²) in [4.78, 5) is 13.4. The number of hydrogen-bond donors (Lipinski definition) is 1. The van der Waals surface area contributed by atoms with Gasteiger partial charge in [-0.2, -0.15) is 0 Å². The van der Waals surface area contributed by atoms with Crippen LogP contribution in [0.3, 0.4) is 0 Å². The molecule has 1 aromatic carbocycles. The van der Waals surface area contributed by atoms with Crippen LogP contribution in [0.5, 0.6) is 0 Å². The number of sulfone groups is 1. The summed E-state index contributed by atoms with van der Waals surface area (Å²) < 4.78 is 23.8. The number of pyridine rings is 1. The Balaban J connectivity index is 0.00000210. The summed E-state index contributed by atoms with van der Waals surface area (Å²) in [5.41, 5.74) is 4.41. The van der Waals surface area contributed by atoms with Crippen LogP contribution >= 0.6 is 11.6 Å². The molecule has 8 heteroatoms. The monoisotopic (exact) mass is 402 g/mol. The molecular formula is C19H19ClN4O2S. The summed E-state index contributed by atoms with van der Waals surface area (Å²) in [7, 11) is -3.44. The SMILES string of the molecule is C.CC1=C2N=C(c3ccccc3Cl)c3cnc(S(C)(=O)=O)cc3NC2=NC1. The third-order valence-corrected chi connectivity index (χ3v) is 5.54. The van der Waals surface area contributed by atoms with Crippen molar-refractivity contribution in [3.8, 4) is 0 Å². The van der Waals surface area contributed by atoms with Crippen LogP contribution in [-0.2, 0) is 9.84 Å². The summed E-state index contributed by atoms with van der Waals surface area (Å²) in [6.45, 7) is 2.52. The van der Waals surface area contributed by atoms with Crippen LogP contribution in [0, 0.1) is 0 Å². The van der Waals surface area contributed by atoms with Crippen molar-refractivity contribution in [3.63, 3.8) is 0 Å². The molecule has 4 rings (SSSR count). The molecule has 2 aliphatic heterocycles. The summed E-state index contributed by atoms with van der Waals surface area (Å²) in [5, 5.41) is 3.76. The topological polar surface area (TPSA) is 83.8 Å². The molecule has 0 atom stereocenters. The van der Waals surface area contributed by atoms with Gasteiger partial charge in [0, 0.05) is 28.6 Å². The number of rotatable bonds is 2. The predicted molar refractivity (Wildman–Crippen MR) is 110 cm³/mol. The zero-order valence-corrected chi connectivity index (χ0v) is 15.7. The van der Waals surface area contributed by atoms with E-state index in [1.54, 1.807) is 6.07 Å². The number of nitrogens with one attached hydrogen (secondary N) is 1. The maximum Gasteiger partial charge on any atom is 0.192 e. The van der Waals surface area contributed by atoms with E-state index >= 15 is 0 Å². The molecular weight excluding hydrogens is 384 g/mol. The molecule has 0 spiro atoms. The van der Waals surface area contributed by atoms with E-state index in [0.717, 1.165) is 23.1 Å². The Labute approximate surface area is 163 Å². The van der Waals surface area contributed by atoms with E-state index in [0.29, 0.717) is 34.4 Å². The van der Waals surface area contributed by atoms with Crippen LogP contribution in [0.2, 0.25) is 5.02 Å². The number of nitrogens with zero attached hydrogens (tertiary/aromatic N) is 3. The third-order valence-electron chi connectivity index (χ3n) is 4.22. The molecule has 0 amide bonds. The van der Waals surface area contributed by atoms with Crippen molar-refractivity contribution < 1.29 is 8.42 Å². The Morgan fingerprint density at radius 1 is 1.19 bits per heavy atom. The molecule has 27 heavy (non-hydrogen) atoms. The second-order valence-corrected chi connectivity index (χ2v) is 8.57. The Morgan fingerprint density at radius 3 is 2.63 bits per heavy atom. The van der Waals surface area contributed by atoms with Gasteiger partial charge in [-0.05, 0) is 24.6 Å². The third kappa shape index (κ3) is 3.40. The molecule has 3 heterocycles. The van der Waals surface area contributed by atoms with Gasteiger partial charge in [0.2, 0.25) is 0 Å². The first-order chi connectivity index (χ1) is 12.3. The predicted octanol–water partition coefficient (Wildman–Crippen LogP) is 3.72. The van der Waals surface area contributed by atoms with Gasteiger partial charge >= 0.3 is 0 Å². The Kier molecular flexibility index (Phi) is 4.92. The highest BCUT2D eigenvalue weighted by Gasteiger charge is 2.26. The van der Waals surface area contributed by atoms with Crippen LogP contribution < -0.4 is 5.32 Å². The molecule has 6 nitrogen and oxygen atoms in total. The number of hydrogen-bond acceptors (Lipinski definition) is 6. The fourth-order valence-electron chi connectivity index (χ4n) is 2.89. The second-order valence-electron chi connectivity index (χ2n) is 6.20. The van der Waals surface area contributed by atoms with Crippen molar-refractivity contribution in [2.45, 2.75) is 19.4 Å². The molecule has 1 aromatic heterocycles. The van der Waals surface area contributed by atoms with Crippen LogP contribution in [0.4, 0.5) is 5.69 Å². The highest BCUT2D eigenvalue weighted by molar-refractivity contribution is 7.90. The summed E-state index contributed by atoms with van der Waals surface area (Å²) >= 11 is 6.40. The minimum Gasteiger partial charge on any atom is -0.338 e. The van der Waals surface area contributed by atoms with Crippen molar-refractivity contribution in [2.75, 3.05) is 18.1 Å². The van der Waals surface area contributed by atoms with Crippen LogP contribution in [0.1, 0.15) is 25.5 Å². The molecule has 0 radical (unpaired) electrons. The minimum absolute atomic E-state index is 0. The Hall–Kier alpha value is -2.51. The molecule has 0 fully saturated rings. The average Bonchev–Trinajstić information content (AvgIpc) is 2.84. The van der Waals surface area contributed by atoms with Gasteiger partial charge in [0.25, 0.3) is 0 Å². The number of benzene rings is 1. The maximum absolute atomic E-state index is 11.9. The van der Waals surface area contributed by atoms with E-state index in [4.69, 9.17) is 16.6 Å². The molecule has 1 N–H and O–H groups in total. The number of amidine groups is 1. The largest absolute Gasteiger partial charge is 0.338 e. The van der Waals surface area contributed by atoms with Gasteiger partial charge in [0.1, 0.15) is 5.70 Å². The Morgan fingerprint density at radius 2 is 1.93 bits per heavy atom. The highest BCUT2D eigenvalue weighted by Crippen LogP contribution is 2.31. The standard InChI is InChI=1S/C18H15ClN4O2S.CH4/c1-10-8-21-18-16(10)23-17(11-5-3-4-6-13(11)19)12-9-20-15(26(2,24)25)7-14(12)22-18;/h3-7,9H,8H2,1-2H3,(H,21,22);1H4. The number of fused-ring (bicyclic) bond motifs is 2. The zero-order valence-electron chi connectivity index (χ0n) is 14.1. The molecule has 0 unspecified atom stereocenters. The van der Waals surface area contributed by atoms with Crippen LogP contribution in [0.15, 0.2) is 62.8 Å². The van der Waals surface area contributed by atoms with Crippen LogP contribution in [0.25, 0.3) is 0 Å². The van der Waals surface area contributed by atoms with Crippen molar-refractivity contribution in [1.82, 2.24) is 4.98 Å². The quantitative estimate of drug-likeness (QED) is 0.829. The van der Waals surface area contributed by atoms with Crippen molar-refractivity contribution in [1.29, 1.82) is 0 Å². The normalized spacial score (nSPS) is 15.7. The van der Waals surface area contributed by atoms with Crippen molar-refractivity contribution in [2.24, 2.45) is 9.98 Å². The molecule has 140 valence electrons. The van der Waals surface area contributed by atoms with Gasteiger partial charge in [0.15, 0.2) is 20.7 Å². The Bertz CT molecular complexity index is 1130. The van der Waals surface area contributed by atoms with Crippen LogP contribution in [-0.4, -0.2) is 37.7 Å². The van der Waals surface area contributed by atoms with E-state index in [1.807, 2.05) is 25.1 Å². The first-order valence-electron chi connectivity index (χ1n) is 7.90. The summed E-state index contributed by atoms with van der Waals surface area (Å²) in [5.74, 6) is 0.622. The lowest BCUT2D eigenvalue weighted by Gasteiger charge is -2.12. The minimum atomic E-state index is -3.44. The number of halogens is 1. The summed E-state index contributed by atoms with van der Waals surface area (Å²) in [6, 6.07) is 8.91. The highest BCUT2D eigenvalue weighted by atomic mass is 35.5. The molecule has 0 saturated heterocycles. The summed E-state index contributed by atoms with van der Waals surface area (Å²) in [6.07, 6.45) is 2.64. The average molecular weight is 403 g/mol. The maximum atomic E-state index is 11.9. The number of aromatic nitrogens is 1. The van der Waals surface area contributed by atoms with E-state index in [-0.39, 0.29) is 12.5 Å². The molecule has 0 saturated carbocycles. The second kappa shape index (κ2) is 6.90. The molecule has 2 aromatic rings. The molecule has 0 bridgehead atoms. The van der Waals surface area contributed by atoms with Gasteiger partial charge in [-0.1, -0.05) is 37.2 Å². The van der Waals surface area contributed by atoms with E-state index in [9.17, 15) is 8.42 Å². The lowest BCUT2D eigenvalue weighted by Crippen LogP contribution is -2.13. The van der Waals surface area contributed by atoms with Gasteiger partial charge in [-0.15, -0.1) is 0 Å². The fourth-order valence-corrected chi connectivity index (χ4v) is 3.69. The first-order valence-corrected chi connectivity index (χ1v) is 10.2. The van der Waals surface area contributed by atoms with Crippen molar-refractivity contribution >= 4 is 38.7 Å². The van der Waals surface area contributed by atoms with E-state index < -0.39 is 9.84 Å². The molecule has 0 aliphatic carbocycles. The van der Waals surface area contributed by atoms with Gasteiger partial charge in [0.05, 0.1) is 17.9 Å². The molecule has 2 aliphatic rings. The number of anilines is 1.